The van der Waals surface area contributed by atoms with Crippen molar-refractivity contribution in [2.24, 2.45) is 0 Å². The maximum atomic E-state index is 4.65. The molecule has 1 aliphatic heterocycles. The van der Waals surface area contributed by atoms with Gasteiger partial charge in [-0.2, -0.15) is 0 Å². The normalized spacial score (nSPS) is 12.3. The lowest BCUT2D eigenvalue weighted by Crippen LogP contribution is -2.58. The minimum absolute atomic E-state index is 0.144. The number of hydrogen-bond donors (Lipinski definition) is 0. The van der Waals surface area contributed by atoms with E-state index >= 15 is 0 Å². The number of pyridine rings is 1. The maximum Gasteiger partial charge on any atom is 0.247 e. The zero-order valence-corrected chi connectivity index (χ0v) is 20.4. The van der Waals surface area contributed by atoms with E-state index in [2.05, 4.69) is 128 Å². The third-order valence-corrected chi connectivity index (χ3v) is 7.07. The fourth-order valence-corrected chi connectivity index (χ4v) is 5.73. The van der Waals surface area contributed by atoms with Gasteiger partial charge in [-0.15, -0.1) is 0 Å². The molecule has 168 valence electrons. The molecule has 0 amide bonds. The number of aryl methyl sites for hydroxylation is 3. The first-order valence-corrected chi connectivity index (χ1v) is 12.2. The maximum absolute atomic E-state index is 4.65. The average molecular weight is 450 g/mol. The SMILES string of the molecule is Cc1cc(C)c(B2c3ccccc3N(c3ccccc3)c3ccc(-c4ccccn4)cc32)c(C)c1. The van der Waals surface area contributed by atoms with E-state index in [0.717, 1.165) is 11.3 Å². The fraction of sp³-hybridized carbons (Fsp3) is 0.0938. The first-order chi connectivity index (χ1) is 17.1. The Labute approximate surface area is 208 Å². The molecule has 2 nitrogen and oxygen atoms in total. The summed E-state index contributed by atoms with van der Waals surface area (Å²) in [5.41, 5.74) is 13.8. The Bertz CT molecular complexity index is 1500. The molecule has 0 unspecified atom stereocenters. The van der Waals surface area contributed by atoms with Gasteiger partial charge in [-0.1, -0.05) is 88.9 Å². The highest BCUT2D eigenvalue weighted by Gasteiger charge is 2.36. The minimum Gasteiger partial charge on any atom is -0.312 e. The third kappa shape index (κ3) is 3.64. The molecule has 4 aromatic carbocycles. The van der Waals surface area contributed by atoms with E-state index in [9.17, 15) is 0 Å². The number of para-hydroxylation sites is 2. The zero-order chi connectivity index (χ0) is 23.9. The summed E-state index contributed by atoms with van der Waals surface area (Å²) in [7, 11) is 0. The topological polar surface area (TPSA) is 16.1 Å². The van der Waals surface area contributed by atoms with Crippen LogP contribution in [0.25, 0.3) is 11.3 Å². The van der Waals surface area contributed by atoms with Crippen molar-refractivity contribution in [1.82, 2.24) is 4.98 Å². The van der Waals surface area contributed by atoms with Gasteiger partial charge >= 0.3 is 0 Å². The number of rotatable bonds is 3. The van der Waals surface area contributed by atoms with Gasteiger partial charge in [0.25, 0.3) is 0 Å². The van der Waals surface area contributed by atoms with Crippen LogP contribution in [0.15, 0.2) is 109 Å². The van der Waals surface area contributed by atoms with Gasteiger partial charge in [0, 0.05) is 23.3 Å². The minimum atomic E-state index is 0.144. The zero-order valence-electron chi connectivity index (χ0n) is 20.4. The number of benzene rings is 4. The molecule has 2 heterocycles. The van der Waals surface area contributed by atoms with Crippen molar-refractivity contribution in [3.8, 4) is 11.3 Å². The van der Waals surface area contributed by atoms with Crippen molar-refractivity contribution in [3.05, 3.63) is 126 Å². The quantitative estimate of drug-likeness (QED) is 0.309. The summed E-state index contributed by atoms with van der Waals surface area (Å²) < 4.78 is 0. The Morgan fingerprint density at radius 3 is 2.06 bits per heavy atom. The van der Waals surface area contributed by atoms with Crippen molar-refractivity contribution >= 4 is 40.2 Å². The first-order valence-electron chi connectivity index (χ1n) is 12.2. The summed E-state index contributed by atoms with van der Waals surface area (Å²) in [4.78, 5) is 7.06. The summed E-state index contributed by atoms with van der Waals surface area (Å²) in [5.74, 6) is 0. The molecule has 0 bridgehead atoms. The molecule has 0 N–H and O–H groups in total. The van der Waals surface area contributed by atoms with Crippen molar-refractivity contribution in [2.45, 2.75) is 20.8 Å². The number of aromatic nitrogens is 1. The molecule has 0 radical (unpaired) electrons. The van der Waals surface area contributed by atoms with E-state index < -0.39 is 0 Å². The summed E-state index contributed by atoms with van der Waals surface area (Å²) >= 11 is 0. The van der Waals surface area contributed by atoms with Crippen LogP contribution in [-0.4, -0.2) is 11.7 Å². The van der Waals surface area contributed by atoms with Crippen molar-refractivity contribution < 1.29 is 0 Å². The second-order valence-corrected chi connectivity index (χ2v) is 9.46. The highest BCUT2D eigenvalue weighted by atomic mass is 15.1. The molecule has 5 aromatic rings. The summed E-state index contributed by atoms with van der Waals surface area (Å²) in [6, 6.07) is 37.1. The number of anilines is 3. The van der Waals surface area contributed by atoms with Gasteiger partial charge < -0.3 is 4.90 Å². The predicted molar refractivity (Wildman–Crippen MR) is 150 cm³/mol. The second kappa shape index (κ2) is 8.59. The standard InChI is InChI=1S/C32H27BN2/c1-22-19-23(2)32(24(3)20-22)33-27-13-7-8-15-30(27)35(26-11-5-4-6-12-26)31-17-16-25(21-28(31)33)29-14-9-10-18-34-29/h4-21H,1-3H3. The summed E-state index contributed by atoms with van der Waals surface area (Å²) in [6.07, 6.45) is 1.87. The van der Waals surface area contributed by atoms with Crippen LogP contribution in [-0.2, 0) is 0 Å². The van der Waals surface area contributed by atoms with Crippen molar-refractivity contribution in [3.63, 3.8) is 0 Å². The molecule has 0 saturated heterocycles. The summed E-state index contributed by atoms with van der Waals surface area (Å²) in [5, 5.41) is 0. The molecule has 0 atom stereocenters. The van der Waals surface area contributed by atoms with Crippen LogP contribution in [0.3, 0.4) is 0 Å². The molecular weight excluding hydrogens is 423 g/mol. The molecule has 3 heteroatoms. The van der Waals surface area contributed by atoms with E-state index in [1.54, 1.807) is 0 Å². The number of hydrogen-bond acceptors (Lipinski definition) is 2. The van der Waals surface area contributed by atoms with Gasteiger partial charge in [0.1, 0.15) is 0 Å². The van der Waals surface area contributed by atoms with Crippen LogP contribution in [0.5, 0.6) is 0 Å². The second-order valence-electron chi connectivity index (χ2n) is 9.46. The van der Waals surface area contributed by atoms with Gasteiger partial charge in [-0.25, -0.2) is 0 Å². The molecule has 0 aliphatic carbocycles. The van der Waals surface area contributed by atoms with Crippen LogP contribution < -0.4 is 21.3 Å². The van der Waals surface area contributed by atoms with E-state index in [0.29, 0.717) is 0 Å². The Morgan fingerprint density at radius 1 is 0.629 bits per heavy atom. The van der Waals surface area contributed by atoms with Gasteiger partial charge in [0.2, 0.25) is 6.71 Å². The average Bonchev–Trinajstić information content (AvgIpc) is 2.88. The molecule has 1 aliphatic rings. The highest BCUT2D eigenvalue weighted by Crippen LogP contribution is 2.37. The highest BCUT2D eigenvalue weighted by molar-refractivity contribution is 6.98. The van der Waals surface area contributed by atoms with Crippen LogP contribution in [0.4, 0.5) is 17.1 Å². The van der Waals surface area contributed by atoms with E-state index in [-0.39, 0.29) is 6.71 Å². The van der Waals surface area contributed by atoms with Crippen LogP contribution in [0.2, 0.25) is 0 Å². The first kappa shape index (κ1) is 21.4. The van der Waals surface area contributed by atoms with Crippen LogP contribution in [0, 0.1) is 20.8 Å². The van der Waals surface area contributed by atoms with Crippen LogP contribution in [0.1, 0.15) is 16.7 Å². The molecular formula is C32H27BN2. The Morgan fingerprint density at radius 2 is 1.31 bits per heavy atom. The molecule has 1 aromatic heterocycles. The summed E-state index contributed by atoms with van der Waals surface area (Å²) in [6.45, 7) is 6.83. The van der Waals surface area contributed by atoms with Gasteiger partial charge in [0.15, 0.2) is 0 Å². The van der Waals surface area contributed by atoms with Crippen molar-refractivity contribution in [2.75, 3.05) is 4.90 Å². The predicted octanol–water partition coefficient (Wildman–Crippen LogP) is 5.97. The largest absolute Gasteiger partial charge is 0.312 e. The molecule has 0 spiro atoms. The van der Waals surface area contributed by atoms with Gasteiger partial charge in [0.05, 0.1) is 5.69 Å². The monoisotopic (exact) mass is 450 g/mol. The Kier molecular flexibility index (Phi) is 5.26. The molecule has 0 fully saturated rings. The lowest BCUT2D eigenvalue weighted by Gasteiger charge is -2.38. The molecule has 6 rings (SSSR count). The number of nitrogens with zero attached hydrogens (tertiary/aromatic N) is 2. The lowest BCUT2D eigenvalue weighted by molar-refractivity contribution is 1.28. The Hall–Kier alpha value is -4.11. The molecule has 0 saturated carbocycles. The van der Waals surface area contributed by atoms with Crippen molar-refractivity contribution in [1.29, 1.82) is 0 Å². The third-order valence-electron chi connectivity index (χ3n) is 7.07. The van der Waals surface area contributed by atoms with Gasteiger partial charge in [-0.3, -0.25) is 4.98 Å². The lowest BCUT2D eigenvalue weighted by atomic mass is 9.33. The van der Waals surface area contributed by atoms with E-state index in [1.165, 1.54) is 50.1 Å². The van der Waals surface area contributed by atoms with Crippen LogP contribution >= 0.6 is 0 Å². The molecule has 35 heavy (non-hydrogen) atoms. The fourth-order valence-electron chi connectivity index (χ4n) is 5.73. The van der Waals surface area contributed by atoms with E-state index in [1.807, 2.05) is 12.3 Å². The van der Waals surface area contributed by atoms with E-state index in [4.69, 9.17) is 0 Å². The number of fused-ring (bicyclic) bond motifs is 2. The smallest absolute Gasteiger partial charge is 0.247 e. The van der Waals surface area contributed by atoms with Gasteiger partial charge in [-0.05, 0) is 73.7 Å². The Balaban J connectivity index is 1.67.